The summed E-state index contributed by atoms with van der Waals surface area (Å²) in [6.45, 7) is 0.294. The minimum atomic E-state index is -0.189. The van der Waals surface area contributed by atoms with Crippen LogP contribution in [0.2, 0.25) is 0 Å². The SMILES string of the molecule is O=C(/C=C/c1ccccc1)NCc1cc(-c2ccco2)on1. The maximum absolute atomic E-state index is 11.8. The summed E-state index contributed by atoms with van der Waals surface area (Å²) in [7, 11) is 0. The van der Waals surface area contributed by atoms with Gasteiger partial charge in [-0.05, 0) is 23.8 Å². The highest BCUT2D eigenvalue weighted by molar-refractivity contribution is 5.91. The Balaban J connectivity index is 1.54. The monoisotopic (exact) mass is 294 g/mol. The van der Waals surface area contributed by atoms with E-state index in [1.807, 2.05) is 30.3 Å². The molecule has 3 rings (SSSR count). The quantitative estimate of drug-likeness (QED) is 0.733. The van der Waals surface area contributed by atoms with Crippen molar-refractivity contribution in [2.75, 3.05) is 0 Å². The molecule has 1 amide bonds. The second-order valence-electron chi connectivity index (χ2n) is 4.62. The fourth-order valence-electron chi connectivity index (χ4n) is 1.90. The van der Waals surface area contributed by atoms with Gasteiger partial charge in [0.2, 0.25) is 11.7 Å². The zero-order valence-electron chi connectivity index (χ0n) is 11.7. The molecule has 5 heteroatoms. The van der Waals surface area contributed by atoms with Crippen LogP contribution in [0.25, 0.3) is 17.6 Å². The Labute approximate surface area is 127 Å². The van der Waals surface area contributed by atoms with E-state index in [0.717, 1.165) is 5.56 Å². The van der Waals surface area contributed by atoms with Crippen LogP contribution in [0.5, 0.6) is 0 Å². The summed E-state index contributed by atoms with van der Waals surface area (Å²) in [6, 6.07) is 14.9. The van der Waals surface area contributed by atoms with Crippen molar-refractivity contribution in [2.45, 2.75) is 6.54 Å². The molecule has 0 spiro atoms. The van der Waals surface area contributed by atoms with Gasteiger partial charge in [0.15, 0.2) is 5.76 Å². The largest absolute Gasteiger partial charge is 0.461 e. The molecule has 110 valence electrons. The first-order valence-electron chi connectivity index (χ1n) is 6.82. The second-order valence-corrected chi connectivity index (χ2v) is 4.62. The van der Waals surface area contributed by atoms with E-state index in [1.165, 1.54) is 6.08 Å². The topological polar surface area (TPSA) is 68.3 Å². The zero-order valence-corrected chi connectivity index (χ0v) is 11.7. The number of furan rings is 1. The molecule has 0 aliphatic carbocycles. The standard InChI is InChI=1S/C17H14N2O3/c20-17(9-8-13-5-2-1-3-6-13)18-12-14-11-16(22-19-14)15-7-4-10-21-15/h1-11H,12H2,(H,18,20)/b9-8+. The first-order chi connectivity index (χ1) is 10.8. The number of benzene rings is 1. The van der Waals surface area contributed by atoms with E-state index < -0.39 is 0 Å². The van der Waals surface area contributed by atoms with Gasteiger partial charge in [-0.2, -0.15) is 0 Å². The van der Waals surface area contributed by atoms with Crippen molar-refractivity contribution in [3.8, 4) is 11.5 Å². The molecule has 0 unspecified atom stereocenters. The Bertz CT molecular complexity index is 758. The number of carbonyl (C=O) groups excluding carboxylic acids is 1. The molecule has 0 bridgehead atoms. The van der Waals surface area contributed by atoms with Crippen LogP contribution in [0.15, 0.2) is 69.8 Å². The van der Waals surface area contributed by atoms with E-state index in [4.69, 9.17) is 8.94 Å². The Morgan fingerprint density at radius 3 is 2.77 bits per heavy atom. The lowest BCUT2D eigenvalue weighted by Gasteiger charge is -1.97. The number of hydrogen-bond acceptors (Lipinski definition) is 4. The minimum absolute atomic E-state index is 0.189. The number of hydrogen-bond donors (Lipinski definition) is 1. The van der Waals surface area contributed by atoms with Crippen LogP contribution in [0.1, 0.15) is 11.3 Å². The molecule has 0 atom stereocenters. The van der Waals surface area contributed by atoms with E-state index in [0.29, 0.717) is 23.8 Å². The molecule has 1 aromatic carbocycles. The van der Waals surface area contributed by atoms with Crippen LogP contribution in [-0.4, -0.2) is 11.1 Å². The summed E-state index contributed by atoms with van der Waals surface area (Å²) >= 11 is 0. The number of rotatable bonds is 5. The van der Waals surface area contributed by atoms with E-state index in [9.17, 15) is 4.79 Å². The van der Waals surface area contributed by atoms with Gasteiger partial charge in [0.1, 0.15) is 5.69 Å². The highest BCUT2D eigenvalue weighted by Crippen LogP contribution is 2.20. The van der Waals surface area contributed by atoms with E-state index >= 15 is 0 Å². The zero-order chi connectivity index (χ0) is 15.2. The molecule has 0 radical (unpaired) electrons. The van der Waals surface area contributed by atoms with Gasteiger partial charge in [0.25, 0.3) is 0 Å². The lowest BCUT2D eigenvalue weighted by molar-refractivity contribution is -0.116. The number of nitrogens with one attached hydrogen (secondary N) is 1. The van der Waals surface area contributed by atoms with Crippen LogP contribution in [0, 0.1) is 0 Å². The normalized spacial score (nSPS) is 10.9. The van der Waals surface area contributed by atoms with E-state index in [-0.39, 0.29) is 5.91 Å². The molecule has 5 nitrogen and oxygen atoms in total. The van der Waals surface area contributed by atoms with Gasteiger partial charge in [-0.3, -0.25) is 4.79 Å². The van der Waals surface area contributed by atoms with Gasteiger partial charge in [0, 0.05) is 12.1 Å². The number of aromatic nitrogens is 1. The highest BCUT2D eigenvalue weighted by atomic mass is 16.5. The van der Waals surface area contributed by atoms with Gasteiger partial charge in [-0.15, -0.1) is 0 Å². The predicted molar refractivity (Wildman–Crippen MR) is 81.5 cm³/mol. The second kappa shape index (κ2) is 6.58. The molecular formula is C17H14N2O3. The fourth-order valence-corrected chi connectivity index (χ4v) is 1.90. The van der Waals surface area contributed by atoms with Crippen molar-refractivity contribution < 1.29 is 13.7 Å². The summed E-state index contributed by atoms with van der Waals surface area (Å²) in [5.74, 6) is 0.953. The molecule has 1 N–H and O–H groups in total. The van der Waals surface area contributed by atoms with Gasteiger partial charge < -0.3 is 14.3 Å². The summed E-state index contributed by atoms with van der Waals surface area (Å²) in [5, 5.41) is 6.64. The van der Waals surface area contributed by atoms with Gasteiger partial charge in [-0.1, -0.05) is 35.5 Å². The van der Waals surface area contributed by atoms with Crippen molar-refractivity contribution in [3.63, 3.8) is 0 Å². The lowest BCUT2D eigenvalue weighted by Crippen LogP contribution is -2.20. The molecule has 0 aliphatic rings. The molecule has 0 aliphatic heterocycles. The summed E-state index contributed by atoms with van der Waals surface area (Å²) < 4.78 is 10.4. The maximum atomic E-state index is 11.8. The van der Waals surface area contributed by atoms with Crippen molar-refractivity contribution in [3.05, 3.63) is 72.1 Å². The average Bonchev–Trinajstić information content (AvgIpc) is 3.22. The van der Waals surface area contributed by atoms with Gasteiger partial charge in [-0.25, -0.2) is 0 Å². The predicted octanol–water partition coefficient (Wildman–Crippen LogP) is 3.26. The van der Waals surface area contributed by atoms with Crippen molar-refractivity contribution >= 4 is 12.0 Å². The van der Waals surface area contributed by atoms with Crippen LogP contribution >= 0.6 is 0 Å². The lowest BCUT2D eigenvalue weighted by atomic mass is 10.2. The van der Waals surface area contributed by atoms with Crippen LogP contribution in [0.3, 0.4) is 0 Å². The number of amides is 1. The fraction of sp³-hybridized carbons (Fsp3) is 0.0588. The first kappa shape index (κ1) is 13.9. The molecule has 0 saturated carbocycles. The minimum Gasteiger partial charge on any atom is -0.461 e. The Hall–Kier alpha value is -3.08. The first-order valence-corrected chi connectivity index (χ1v) is 6.82. The van der Waals surface area contributed by atoms with Gasteiger partial charge >= 0.3 is 0 Å². The van der Waals surface area contributed by atoms with Crippen molar-refractivity contribution in [1.82, 2.24) is 10.5 Å². The number of carbonyl (C=O) groups is 1. The van der Waals surface area contributed by atoms with Crippen LogP contribution in [-0.2, 0) is 11.3 Å². The summed E-state index contributed by atoms with van der Waals surface area (Å²) in [6.07, 6.45) is 4.81. The molecule has 2 heterocycles. The third-order valence-corrected chi connectivity index (χ3v) is 2.99. The third kappa shape index (κ3) is 3.52. The smallest absolute Gasteiger partial charge is 0.244 e. The highest BCUT2D eigenvalue weighted by Gasteiger charge is 2.09. The van der Waals surface area contributed by atoms with Crippen LogP contribution in [0.4, 0.5) is 0 Å². The summed E-state index contributed by atoms with van der Waals surface area (Å²) in [5.41, 5.74) is 1.60. The maximum Gasteiger partial charge on any atom is 0.244 e. The van der Waals surface area contributed by atoms with Crippen LogP contribution < -0.4 is 5.32 Å². The van der Waals surface area contributed by atoms with Crippen molar-refractivity contribution in [1.29, 1.82) is 0 Å². The molecule has 3 aromatic rings. The van der Waals surface area contributed by atoms with E-state index in [1.54, 1.807) is 30.5 Å². The van der Waals surface area contributed by atoms with Crippen molar-refractivity contribution in [2.24, 2.45) is 0 Å². The van der Waals surface area contributed by atoms with Gasteiger partial charge in [0.05, 0.1) is 12.8 Å². The Morgan fingerprint density at radius 2 is 2.00 bits per heavy atom. The molecular weight excluding hydrogens is 280 g/mol. The summed E-state index contributed by atoms with van der Waals surface area (Å²) in [4.78, 5) is 11.8. The molecule has 0 fully saturated rings. The third-order valence-electron chi connectivity index (χ3n) is 2.99. The van der Waals surface area contributed by atoms with E-state index in [2.05, 4.69) is 10.5 Å². The molecule has 22 heavy (non-hydrogen) atoms. The molecule has 2 aromatic heterocycles. The number of nitrogens with zero attached hydrogens (tertiary/aromatic N) is 1. The molecule has 0 saturated heterocycles. The Kier molecular flexibility index (Phi) is 4.15. The average molecular weight is 294 g/mol. The Morgan fingerprint density at radius 1 is 1.14 bits per heavy atom.